The zero-order valence-electron chi connectivity index (χ0n) is 20.1. The first kappa shape index (κ1) is 24.2. The summed E-state index contributed by atoms with van der Waals surface area (Å²) in [6, 6.07) is 27.5. The van der Waals surface area contributed by atoms with E-state index in [4.69, 9.17) is 9.05 Å². The summed E-state index contributed by atoms with van der Waals surface area (Å²) in [7, 11) is -4.83. The summed E-state index contributed by atoms with van der Waals surface area (Å²) in [6.45, 7) is 4.02. The molecule has 4 nitrogen and oxygen atoms in total. The van der Waals surface area contributed by atoms with Crippen molar-refractivity contribution >= 4 is 55.0 Å². The van der Waals surface area contributed by atoms with E-state index in [9.17, 15) is 9.46 Å². The van der Waals surface area contributed by atoms with Crippen LogP contribution in [-0.4, -0.2) is 0 Å². The molecule has 0 amide bonds. The zero-order valence-corrected chi connectivity index (χ0v) is 22.7. The van der Waals surface area contributed by atoms with Crippen LogP contribution in [0.5, 0.6) is 0 Å². The van der Waals surface area contributed by atoms with Crippen LogP contribution in [0.3, 0.4) is 0 Å². The van der Waals surface area contributed by atoms with Crippen LogP contribution in [0.15, 0.2) is 105 Å². The van der Waals surface area contributed by atoms with Gasteiger partial charge in [0.05, 0.1) is 0 Å². The lowest BCUT2D eigenvalue weighted by Gasteiger charge is -2.27. The van der Waals surface area contributed by atoms with E-state index < -0.39 is 7.82 Å². The molecule has 2 aliphatic rings. The maximum absolute atomic E-state index is 13.5. The van der Waals surface area contributed by atoms with Gasteiger partial charge in [0.15, 0.2) is 0 Å². The zero-order chi connectivity index (χ0) is 25.6. The summed E-state index contributed by atoms with van der Waals surface area (Å²) in [5.74, 6) is 0.470. The molecule has 4 aromatic carbocycles. The molecule has 2 aliphatic heterocycles. The molecule has 6 rings (SSSR count). The van der Waals surface area contributed by atoms with Crippen LogP contribution in [0.4, 0.5) is 0 Å². The normalized spacial score (nSPS) is 14.0. The quantitative estimate of drug-likeness (QED) is 0.242. The molecule has 2 heterocycles. The third-order valence-electron chi connectivity index (χ3n) is 6.08. The highest BCUT2D eigenvalue weighted by Gasteiger charge is 2.25. The first-order valence-electron chi connectivity index (χ1n) is 11.7. The molecule has 0 saturated carbocycles. The Kier molecular flexibility index (Phi) is 6.29. The molecule has 0 bridgehead atoms. The molecular weight excluding hydrogens is 519 g/mol. The predicted molar refractivity (Wildman–Crippen MR) is 149 cm³/mol. The summed E-state index contributed by atoms with van der Waals surface area (Å²) in [4.78, 5) is 17.4. The molecule has 37 heavy (non-hydrogen) atoms. The van der Waals surface area contributed by atoms with Crippen LogP contribution in [0.25, 0.3) is 23.7 Å². The van der Waals surface area contributed by atoms with Crippen molar-refractivity contribution in [3.8, 4) is 0 Å². The average molecular weight is 542 g/mol. The van der Waals surface area contributed by atoms with Crippen LogP contribution < -0.4 is 4.89 Å². The molecule has 0 spiro atoms. The first-order valence-corrected chi connectivity index (χ1v) is 14.8. The molecule has 0 atom stereocenters. The van der Waals surface area contributed by atoms with Crippen LogP contribution >= 0.6 is 31.3 Å². The Morgan fingerprint density at radius 3 is 1.51 bits per heavy atom. The molecule has 0 unspecified atom stereocenters. The fourth-order valence-electron chi connectivity index (χ4n) is 4.31. The van der Waals surface area contributed by atoms with Gasteiger partial charge in [-0.25, -0.2) is 4.57 Å². The fourth-order valence-corrected chi connectivity index (χ4v) is 7.43. The van der Waals surface area contributed by atoms with E-state index in [1.165, 1.54) is 0 Å². The molecule has 7 heteroatoms. The molecule has 4 aromatic rings. The summed E-state index contributed by atoms with van der Waals surface area (Å²) in [5.41, 5.74) is 5.35. The smallest absolute Gasteiger partial charge is 0.372 e. The predicted octanol–water partition coefficient (Wildman–Crippen LogP) is 8.43. The monoisotopic (exact) mass is 541 g/mol. The van der Waals surface area contributed by atoms with Crippen molar-refractivity contribution in [2.45, 2.75) is 33.4 Å². The van der Waals surface area contributed by atoms with Gasteiger partial charge in [0, 0.05) is 30.7 Å². The minimum atomic E-state index is -4.83. The lowest BCUT2D eigenvalue weighted by Crippen LogP contribution is -2.08. The number of benzene rings is 4. The number of hydrogen-bond donors (Lipinski definition) is 0. The van der Waals surface area contributed by atoms with Crippen molar-refractivity contribution in [2.24, 2.45) is 0 Å². The molecule has 0 N–H and O–H groups in total. The fraction of sp³-hybridized carbons (Fsp3) is 0.0667. The van der Waals surface area contributed by atoms with Crippen LogP contribution in [0.2, 0.25) is 0 Å². The molecule has 0 fully saturated rings. The molecule has 0 saturated heterocycles. The second kappa shape index (κ2) is 9.62. The summed E-state index contributed by atoms with van der Waals surface area (Å²) < 4.78 is 24.9. The van der Waals surface area contributed by atoms with Gasteiger partial charge in [-0.1, -0.05) is 72.1 Å². The Bertz CT molecular complexity index is 1540. The average Bonchev–Trinajstić information content (AvgIpc) is 3.09. The van der Waals surface area contributed by atoms with Gasteiger partial charge in [-0.15, -0.1) is 0 Å². The van der Waals surface area contributed by atoms with Crippen LogP contribution in [0.1, 0.15) is 33.4 Å². The van der Waals surface area contributed by atoms with E-state index in [0.717, 1.165) is 41.8 Å². The van der Waals surface area contributed by atoms with E-state index in [2.05, 4.69) is 0 Å². The number of aryl methyl sites for hydroxylation is 2. The third kappa shape index (κ3) is 5.03. The van der Waals surface area contributed by atoms with E-state index in [1.807, 2.05) is 98.8 Å². The molecule has 0 aromatic heterocycles. The number of rotatable bonds is 4. The maximum Gasteiger partial charge on any atom is 0.372 e. The van der Waals surface area contributed by atoms with E-state index in [-0.39, 0.29) is 11.5 Å². The van der Waals surface area contributed by atoms with E-state index in [0.29, 0.717) is 11.1 Å². The second-order valence-electron chi connectivity index (χ2n) is 8.93. The summed E-state index contributed by atoms with van der Waals surface area (Å²) >= 11 is 3.18. The topological polar surface area (TPSA) is 58.6 Å². The Hall–Kier alpha value is -3.15. The molecular formula is C30H22O4PS2-. The molecule has 0 radical (unpaired) electrons. The van der Waals surface area contributed by atoms with Gasteiger partial charge in [0.25, 0.3) is 0 Å². The first-order chi connectivity index (χ1) is 17.8. The van der Waals surface area contributed by atoms with Gasteiger partial charge >= 0.3 is 7.82 Å². The van der Waals surface area contributed by atoms with Gasteiger partial charge in [-0.05, 0) is 84.7 Å². The molecule has 0 aliphatic carbocycles. The Morgan fingerprint density at radius 1 is 0.622 bits per heavy atom. The largest absolute Gasteiger partial charge is 0.736 e. The second-order valence-corrected chi connectivity index (χ2v) is 12.4. The van der Waals surface area contributed by atoms with Crippen LogP contribution in [-0.2, 0) is 13.6 Å². The highest BCUT2D eigenvalue weighted by molar-refractivity contribution is 7.99. The van der Waals surface area contributed by atoms with Gasteiger partial charge < -0.3 is 13.9 Å². The highest BCUT2D eigenvalue weighted by Crippen LogP contribution is 2.53. The number of phosphoric ester groups is 1. The minimum Gasteiger partial charge on any atom is -0.736 e. The SMILES string of the molecule is Cc1ccc2c(c1)Sc1ccccc1C=C2OP(=O)([O-])OC1=Cc2ccccc2Sc2cc(C)ccc21. The van der Waals surface area contributed by atoms with Gasteiger partial charge in [-0.2, -0.15) is 0 Å². The lowest BCUT2D eigenvalue weighted by molar-refractivity contribution is -0.213. The standard InChI is InChI=1S/C30H23O4PS2/c1-19-11-13-23-25(17-21-7-3-5-9-27(21)36-29(23)15-19)33-35(31,32)34-26-18-22-8-4-6-10-28(22)37-30-16-20(2)12-14-24(26)30/h3-18H,1-2H3,(H,31,32)/p-1. The Morgan fingerprint density at radius 2 is 1.05 bits per heavy atom. The maximum atomic E-state index is 13.5. The minimum absolute atomic E-state index is 0.235. The summed E-state index contributed by atoms with van der Waals surface area (Å²) in [5, 5.41) is 0. The van der Waals surface area contributed by atoms with Crippen molar-refractivity contribution in [3.05, 3.63) is 118 Å². The van der Waals surface area contributed by atoms with Gasteiger partial charge in [0.2, 0.25) is 0 Å². The number of fused-ring (bicyclic) bond motifs is 4. The Balaban J connectivity index is 1.40. The third-order valence-corrected chi connectivity index (χ3v) is 9.22. The highest BCUT2D eigenvalue weighted by atomic mass is 32.2. The van der Waals surface area contributed by atoms with Gasteiger partial charge in [-0.3, -0.25) is 0 Å². The van der Waals surface area contributed by atoms with Crippen molar-refractivity contribution < 1.29 is 18.5 Å². The van der Waals surface area contributed by atoms with Gasteiger partial charge in [0.1, 0.15) is 11.5 Å². The van der Waals surface area contributed by atoms with Crippen molar-refractivity contribution in [2.75, 3.05) is 0 Å². The van der Waals surface area contributed by atoms with Crippen molar-refractivity contribution in [3.63, 3.8) is 0 Å². The van der Waals surface area contributed by atoms with E-state index >= 15 is 0 Å². The number of phosphoric acid groups is 1. The molecule has 184 valence electrons. The number of hydrogen-bond acceptors (Lipinski definition) is 6. The van der Waals surface area contributed by atoms with E-state index in [1.54, 1.807) is 35.7 Å². The van der Waals surface area contributed by atoms with Crippen LogP contribution in [0, 0.1) is 13.8 Å². The van der Waals surface area contributed by atoms with Crippen molar-refractivity contribution in [1.29, 1.82) is 0 Å². The lowest BCUT2D eigenvalue weighted by atomic mass is 10.1. The van der Waals surface area contributed by atoms with Crippen molar-refractivity contribution in [1.82, 2.24) is 0 Å². The Labute approximate surface area is 224 Å². The summed E-state index contributed by atoms with van der Waals surface area (Å²) in [6.07, 6.45) is 3.53.